The van der Waals surface area contributed by atoms with E-state index in [-0.39, 0.29) is 12.7 Å². The second-order valence-electron chi connectivity index (χ2n) is 9.41. The lowest BCUT2D eigenvalue weighted by molar-refractivity contribution is 0.0313. The third kappa shape index (κ3) is 7.64. The summed E-state index contributed by atoms with van der Waals surface area (Å²) in [6.45, 7) is 12.1. The van der Waals surface area contributed by atoms with Gasteiger partial charge in [0.2, 0.25) is 0 Å². The van der Waals surface area contributed by atoms with Gasteiger partial charge in [0.25, 0.3) is 0 Å². The average molecular weight is 426 g/mol. The van der Waals surface area contributed by atoms with Crippen LogP contribution in [0.3, 0.4) is 0 Å². The van der Waals surface area contributed by atoms with Crippen LogP contribution in [0.5, 0.6) is 5.75 Å². The summed E-state index contributed by atoms with van der Waals surface area (Å²) in [5, 5.41) is 10.7. The van der Waals surface area contributed by atoms with Crippen molar-refractivity contribution in [3.8, 4) is 5.75 Å². The molecule has 0 spiro atoms. The molecule has 0 aliphatic carbocycles. The summed E-state index contributed by atoms with van der Waals surface area (Å²) in [6.07, 6.45) is 1.92. The highest BCUT2D eigenvalue weighted by Gasteiger charge is 2.21. The van der Waals surface area contributed by atoms with Crippen LogP contribution in [0.2, 0.25) is 0 Å². The Balaban J connectivity index is 1.56. The number of nitrogens with zero attached hydrogens (tertiary/aromatic N) is 1. The van der Waals surface area contributed by atoms with Crippen LogP contribution in [0.15, 0.2) is 48.5 Å². The highest BCUT2D eigenvalue weighted by Crippen LogP contribution is 2.20. The van der Waals surface area contributed by atoms with Crippen molar-refractivity contribution in [2.45, 2.75) is 71.1 Å². The second-order valence-corrected chi connectivity index (χ2v) is 9.41. The van der Waals surface area contributed by atoms with Crippen LogP contribution in [0, 0.1) is 0 Å². The van der Waals surface area contributed by atoms with Gasteiger partial charge in [-0.15, -0.1) is 0 Å². The van der Waals surface area contributed by atoms with E-state index in [1.807, 2.05) is 12.1 Å². The zero-order valence-electron chi connectivity index (χ0n) is 19.6. The zero-order chi connectivity index (χ0) is 22.2. The Kier molecular flexibility index (Phi) is 8.94. The number of aliphatic hydroxyl groups excluding tert-OH is 1. The van der Waals surface area contributed by atoms with Gasteiger partial charge in [0.1, 0.15) is 18.5 Å². The smallest absolute Gasteiger partial charge is 0.119 e. The highest BCUT2D eigenvalue weighted by atomic mass is 16.5. The summed E-state index contributed by atoms with van der Waals surface area (Å²) < 4.78 is 11.7. The Labute approximate surface area is 188 Å². The Hall–Kier alpha value is -1.88. The fourth-order valence-electron chi connectivity index (χ4n) is 4.04. The zero-order valence-corrected chi connectivity index (χ0v) is 19.6. The molecule has 2 aromatic carbocycles. The van der Waals surface area contributed by atoms with Gasteiger partial charge in [0.05, 0.1) is 6.10 Å². The summed E-state index contributed by atoms with van der Waals surface area (Å²) in [5.41, 5.74) is 3.91. The molecule has 0 aromatic heterocycles. The lowest BCUT2D eigenvalue weighted by atomic mass is 10.0. The molecule has 170 valence electrons. The molecule has 0 amide bonds. The molecular formula is C27H39NO3. The fraction of sp³-hybridized carbons (Fsp3) is 0.556. The maximum atomic E-state index is 10.7. The average Bonchev–Trinajstić information content (AvgIpc) is 3.26. The minimum absolute atomic E-state index is 0.256. The van der Waals surface area contributed by atoms with Gasteiger partial charge < -0.3 is 14.6 Å². The van der Waals surface area contributed by atoms with Gasteiger partial charge in [-0.1, -0.05) is 64.1 Å². The van der Waals surface area contributed by atoms with E-state index >= 15 is 0 Å². The third-order valence-electron chi connectivity index (χ3n) is 6.00. The standard InChI is InChI=1S/C27H39NO3/c1-20(2)23-9-7-22(8-10-23)16-28(18-27-6-5-15-30-27)17-25(29)19-31-26-13-11-24(12-14-26)21(3)4/h7-14,20-21,25,27,29H,5-6,15-19H2,1-4H3. The van der Waals surface area contributed by atoms with Crippen LogP contribution in [0.4, 0.5) is 0 Å². The third-order valence-corrected chi connectivity index (χ3v) is 6.00. The molecule has 1 N–H and O–H groups in total. The van der Waals surface area contributed by atoms with Crippen molar-refractivity contribution >= 4 is 0 Å². The first kappa shape index (κ1) is 23.8. The molecule has 3 rings (SSSR count). The van der Waals surface area contributed by atoms with E-state index in [1.54, 1.807) is 0 Å². The molecule has 0 saturated carbocycles. The van der Waals surface area contributed by atoms with E-state index in [0.717, 1.165) is 38.3 Å². The molecule has 31 heavy (non-hydrogen) atoms. The van der Waals surface area contributed by atoms with Gasteiger partial charge >= 0.3 is 0 Å². The maximum Gasteiger partial charge on any atom is 0.119 e. The molecule has 1 heterocycles. The molecule has 0 radical (unpaired) electrons. The Morgan fingerprint density at radius 2 is 1.58 bits per heavy atom. The van der Waals surface area contributed by atoms with Gasteiger partial charge in [-0.05, 0) is 53.5 Å². The van der Waals surface area contributed by atoms with E-state index in [4.69, 9.17) is 9.47 Å². The summed E-state index contributed by atoms with van der Waals surface area (Å²) in [5.74, 6) is 1.84. The molecule has 2 atom stereocenters. The van der Waals surface area contributed by atoms with Gasteiger partial charge in [-0.2, -0.15) is 0 Å². The Morgan fingerprint density at radius 3 is 2.13 bits per heavy atom. The van der Waals surface area contributed by atoms with Crippen LogP contribution < -0.4 is 4.74 Å². The lowest BCUT2D eigenvalue weighted by Gasteiger charge is -2.27. The predicted molar refractivity (Wildman–Crippen MR) is 127 cm³/mol. The second kappa shape index (κ2) is 11.7. The van der Waals surface area contributed by atoms with Crippen molar-refractivity contribution in [1.82, 2.24) is 4.90 Å². The van der Waals surface area contributed by atoms with E-state index in [2.05, 4.69) is 69.0 Å². The van der Waals surface area contributed by atoms with Gasteiger partial charge in [-0.25, -0.2) is 0 Å². The van der Waals surface area contributed by atoms with Crippen LogP contribution in [-0.4, -0.2) is 48.5 Å². The first-order chi connectivity index (χ1) is 14.9. The topological polar surface area (TPSA) is 41.9 Å². The number of hydrogen-bond donors (Lipinski definition) is 1. The normalized spacial score (nSPS) is 17.6. The van der Waals surface area contributed by atoms with Crippen LogP contribution in [0.1, 0.15) is 69.1 Å². The van der Waals surface area contributed by atoms with Crippen molar-refractivity contribution in [3.05, 3.63) is 65.2 Å². The largest absolute Gasteiger partial charge is 0.491 e. The molecule has 1 aliphatic heterocycles. The van der Waals surface area contributed by atoms with E-state index < -0.39 is 6.10 Å². The van der Waals surface area contributed by atoms with E-state index in [0.29, 0.717) is 18.4 Å². The lowest BCUT2D eigenvalue weighted by Crippen LogP contribution is -2.39. The summed E-state index contributed by atoms with van der Waals surface area (Å²) in [7, 11) is 0. The van der Waals surface area contributed by atoms with E-state index in [9.17, 15) is 5.11 Å². The van der Waals surface area contributed by atoms with Crippen molar-refractivity contribution in [2.24, 2.45) is 0 Å². The molecule has 2 aromatic rings. The Morgan fingerprint density at radius 1 is 0.968 bits per heavy atom. The van der Waals surface area contributed by atoms with Crippen LogP contribution in [0.25, 0.3) is 0 Å². The minimum Gasteiger partial charge on any atom is -0.491 e. The fourth-order valence-corrected chi connectivity index (χ4v) is 4.04. The molecular weight excluding hydrogens is 386 g/mol. The van der Waals surface area contributed by atoms with E-state index in [1.165, 1.54) is 16.7 Å². The van der Waals surface area contributed by atoms with Gasteiger partial charge in [0.15, 0.2) is 0 Å². The molecule has 0 bridgehead atoms. The number of rotatable bonds is 11. The number of hydrogen-bond acceptors (Lipinski definition) is 4. The molecule has 4 heteroatoms. The number of benzene rings is 2. The summed E-state index contributed by atoms with van der Waals surface area (Å²) in [6, 6.07) is 17.0. The quantitative estimate of drug-likeness (QED) is 0.527. The number of aliphatic hydroxyl groups is 1. The Bertz CT molecular complexity index is 764. The van der Waals surface area contributed by atoms with Gasteiger partial charge in [0, 0.05) is 26.2 Å². The molecule has 1 aliphatic rings. The van der Waals surface area contributed by atoms with Crippen LogP contribution in [-0.2, 0) is 11.3 Å². The van der Waals surface area contributed by atoms with Crippen LogP contribution >= 0.6 is 0 Å². The molecule has 4 nitrogen and oxygen atoms in total. The van der Waals surface area contributed by atoms with Gasteiger partial charge in [-0.3, -0.25) is 4.90 Å². The van der Waals surface area contributed by atoms with Crippen molar-refractivity contribution in [2.75, 3.05) is 26.3 Å². The predicted octanol–water partition coefficient (Wildman–Crippen LogP) is 5.35. The first-order valence-corrected chi connectivity index (χ1v) is 11.7. The molecule has 2 unspecified atom stereocenters. The maximum absolute atomic E-state index is 10.7. The SMILES string of the molecule is CC(C)c1ccc(CN(CC(O)COc2ccc(C(C)C)cc2)CC2CCCO2)cc1. The first-order valence-electron chi connectivity index (χ1n) is 11.7. The number of ether oxygens (including phenoxy) is 2. The highest BCUT2D eigenvalue weighted by molar-refractivity contribution is 5.29. The molecule has 1 fully saturated rings. The summed E-state index contributed by atoms with van der Waals surface area (Å²) in [4.78, 5) is 2.30. The van der Waals surface area contributed by atoms with Crippen molar-refractivity contribution < 1.29 is 14.6 Å². The monoisotopic (exact) mass is 425 g/mol. The summed E-state index contributed by atoms with van der Waals surface area (Å²) >= 11 is 0. The van der Waals surface area contributed by atoms with Crippen molar-refractivity contribution in [3.63, 3.8) is 0 Å². The minimum atomic E-state index is -0.555. The molecule has 1 saturated heterocycles. The van der Waals surface area contributed by atoms with Crippen molar-refractivity contribution in [1.29, 1.82) is 0 Å².